The highest BCUT2D eigenvalue weighted by molar-refractivity contribution is 5.29. The number of benzene rings is 2. The minimum atomic E-state index is 0.152. The Kier molecular flexibility index (Phi) is 5.84. The lowest BCUT2D eigenvalue weighted by Gasteiger charge is -2.27. The Morgan fingerprint density at radius 2 is 1.70 bits per heavy atom. The lowest BCUT2D eigenvalue weighted by molar-refractivity contribution is 0.302. The third-order valence-corrected chi connectivity index (χ3v) is 4.28. The molecule has 2 N–H and O–H groups in total. The molecule has 2 aromatic rings. The molecule has 0 aliphatic carbocycles. The molecule has 2 nitrogen and oxygen atoms in total. The summed E-state index contributed by atoms with van der Waals surface area (Å²) in [5.41, 5.74) is 10.1. The minimum Gasteiger partial charge on any atom is -0.489 e. The maximum absolute atomic E-state index is 6.25. The minimum absolute atomic E-state index is 0.152. The van der Waals surface area contributed by atoms with Crippen LogP contribution in [0.2, 0.25) is 0 Å². The van der Waals surface area contributed by atoms with Crippen LogP contribution in [-0.2, 0) is 13.0 Å². The molecule has 0 aromatic heterocycles. The number of ether oxygens (including phenoxy) is 1. The van der Waals surface area contributed by atoms with Crippen LogP contribution in [0.15, 0.2) is 48.5 Å². The number of nitrogens with two attached hydrogens (primary N) is 1. The van der Waals surface area contributed by atoms with Crippen LogP contribution >= 0.6 is 0 Å². The molecule has 0 aliphatic rings. The molecule has 0 heterocycles. The molecule has 0 fully saturated rings. The second-order valence-electron chi connectivity index (χ2n) is 7.43. The van der Waals surface area contributed by atoms with E-state index in [4.69, 9.17) is 10.5 Å². The third-order valence-electron chi connectivity index (χ3n) is 4.28. The van der Waals surface area contributed by atoms with Crippen molar-refractivity contribution in [2.24, 2.45) is 11.1 Å². The van der Waals surface area contributed by atoms with E-state index in [1.165, 1.54) is 16.7 Å². The Balaban J connectivity index is 1.90. The van der Waals surface area contributed by atoms with Crippen molar-refractivity contribution in [3.8, 4) is 5.75 Å². The summed E-state index contributed by atoms with van der Waals surface area (Å²) in [5, 5.41) is 0. The summed E-state index contributed by atoms with van der Waals surface area (Å²) in [7, 11) is 0. The van der Waals surface area contributed by atoms with Gasteiger partial charge in [0, 0.05) is 6.04 Å². The molecular formula is C21H29NO. The fourth-order valence-electron chi connectivity index (χ4n) is 2.40. The molecule has 0 radical (unpaired) electrons. The van der Waals surface area contributed by atoms with Crippen molar-refractivity contribution < 1.29 is 4.74 Å². The van der Waals surface area contributed by atoms with Gasteiger partial charge in [0.15, 0.2) is 0 Å². The summed E-state index contributed by atoms with van der Waals surface area (Å²) in [5.74, 6) is 0.924. The first kappa shape index (κ1) is 17.6. The molecule has 23 heavy (non-hydrogen) atoms. The van der Waals surface area contributed by atoms with Crippen LogP contribution in [0.5, 0.6) is 5.75 Å². The smallest absolute Gasteiger partial charge is 0.120 e. The van der Waals surface area contributed by atoms with Gasteiger partial charge in [0.05, 0.1) is 0 Å². The van der Waals surface area contributed by atoms with E-state index in [-0.39, 0.29) is 11.5 Å². The first-order chi connectivity index (χ1) is 10.8. The van der Waals surface area contributed by atoms with Crippen molar-refractivity contribution in [3.05, 3.63) is 65.2 Å². The number of rotatable bonds is 6. The molecule has 1 unspecified atom stereocenters. The molecule has 1 atom stereocenters. The fourth-order valence-corrected chi connectivity index (χ4v) is 2.40. The van der Waals surface area contributed by atoms with Gasteiger partial charge in [0.2, 0.25) is 0 Å². The molecule has 2 rings (SSSR count). The van der Waals surface area contributed by atoms with E-state index in [0.717, 1.165) is 18.6 Å². The summed E-state index contributed by atoms with van der Waals surface area (Å²) in [4.78, 5) is 0. The van der Waals surface area contributed by atoms with E-state index in [1.807, 2.05) is 6.07 Å². The van der Waals surface area contributed by atoms with Gasteiger partial charge in [-0.05, 0) is 48.4 Å². The van der Waals surface area contributed by atoms with Gasteiger partial charge in [-0.25, -0.2) is 0 Å². The van der Waals surface area contributed by atoms with Gasteiger partial charge in [-0.15, -0.1) is 0 Å². The zero-order valence-electron chi connectivity index (χ0n) is 14.8. The van der Waals surface area contributed by atoms with Crippen LogP contribution in [0.25, 0.3) is 0 Å². The fraction of sp³-hybridized carbons (Fsp3) is 0.429. The van der Waals surface area contributed by atoms with E-state index in [1.54, 1.807) is 0 Å². The average molecular weight is 311 g/mol. The number of aryl methyl sites for hydroxylation is 2. The summed E-state index contributed by atoms with van der Waals surface area (Å²) < 4.78 is 5.92. The molecule has 0 amide bonds. The van der Waals surface area contributed by atoms with Gasteiger partial charge < -0.3 is 10.5 Å². The quantitative estimate of drug-likeness (QED) is 0.825. The predicted octanol–water partition coefficient (Wildman–Crippen LogP) is 4.88. The maximum atomic E-state index is 6.25. The van der Waals surface area contributed by atoms with Crippen molar-refractivity contribution in [2.45, 2.75) is 53.2 Å². The van der Waals surface area contributed by atoms with Crippen LogP contribution in [0, 0.1) is 12.3 Å². The van der Waals surface area contributed by atoms with Crippen LogP contribution in [0.4, 0.5) is 0 Å². The second-order valence-corrected chi connectivity index (χ2v) is 7.43. The predicted molar refractivity (Wildman–Crippen MR) is 97.7 cm³/mol. The number of hydrogen-bond acceptors (Lipinski definition) is 2. The topological polar surface area (TPSA) is 35.2 Å². The molecule has 0 spiro atoms. The summed E-state index contributed by atoms with van der Waals surface area (Å²) in [6.07, 6.45) is 1.98. The Morgan fingerprint density at radius 3 is 2.35 bits per heavy atom. The Hall–Kier alpha value is -1.80. The lowest BCUT2D eigenvalue weighted by atomic mass is 9.84. The molecule has 0 saturated heterocycles. The number of hydrogen-bond donors (Lipinski definition) is 1. The molecular weight excluding hydrogens is 282 g/mol. The SMILES string of the molecule is Cc1ccc(COc2cccc(CCC(N)C(C)(C)C)c2)cc1. The maximum Gasteiger partial charge on any atom is 0.120 e. The average Bonchev–Trinajstić information content (AvgIpc) is 2.51. The van der Waals surface area contributed by atoms with Crippen molar-refractivity contribution >= 4 is 0 Å². The van der Waals surface area contributed by atoms with E-state index < -0.39 is 0 Å². The largest absolute Gasteiger partial charge is 0.489 e. The highest BCUT2D eigenvalue weighted by Crippen LogP contribution is 2.22. The van der Waals surface area contributed by atoms with E-state index >= 15 is 0 Å². The van der Waals surface area contributed by atoms with Crippen LogP contribution in [0.3, 0.4) is 0 Å². The molecule has 124 valence electrons. The van der Waals surface area contributed by atoms with Crippen molar-refractivity contribution in [3.63, 3.8) is 0 Å². The van der Waals surface area contributed by atoms with E-state index in [9.17, 15) is 0 Å². The molecule has 0 aliphatic heterocycles. The second kappa shape index (κ2) is 7.65. The van der Waals surface area contributed by atoms with Gasteiger partial charge in [-0.2, -0.15) is 0 Å². The van der Waals surface area contributed by atoms with Crippen LogP contribution in [0.1, 0.15) is 43.9 Å². The van der Waals surface area contributed by atoms with Gasteiger partial charge in [0.1, 0.15) is 12.4 Å². The first-order valence-corrected chi connectivity index (χ1v) is 8.37. The highest BCUT2D eigenvalue weighted by atomic mass is 16.5. The van der Waals surface area contributed by atoms with Crippen LogP contribution < -0.4 is 10.5 Å². The van der Waals surface area contributed by atoms with E-state index in [0.29, 0.717) is 6.61 Å². The monoisotopic (exact) mass is 311 g/mol. The summed E-state index contributed by atoms with van der Waals surface area (Å²) in [6.45, 7) is 9.28. The highest BCUT2D eigenvalue weighted by Gasteiger charge is 2.19. The molecule has 0 saturated carbocycles. The third kappa shape index (κ3) is 5.72. The Bertz CT molecular complexity index is 610. The zero-order valence-corrected chi connectivity index (χ0v) is 14.8. The first-order valence-electron chi connectivity index (χ1n) is 8.37. The Labute approximate surface area is 140 Å². The molecule has 2 heteroatoms. The zero-order chi connectivity index (χ0) is 16.9. The van der Waals surface area contributed by atoms with Crippen molar-refractivity contribution in [2.75, 3.05) is 0 Å². The van der Waals surface area contributed by atoms with Crippen LogP contribution in [-0.4, -0.2) is 6.04 Å². The summed E-state index contributed by atoms with van der Waals surface area (Å²) >= 11 is 0. The standard InChI is InChI=1S/C21H29NO/c1-16-8-10-18(11-9-16)15-23-19-7-5-6-17(14-19)12-13-20(22)21(2,3)4/h5-11,14,20H,12-13,15,22H2,1-4H3. The summed E-state index contributed by atoms with van der Waals surface area (Å²) in [6, 6.07) is 17.0. The molecule has 2 aromatic carbocycles. The van der Waals surface area contributed by atoms with Gasteiger partial charge in [-0.3, -0.25) is 0 Å². The van der Waals surface area contributed by atoms with Crippen molar-refractivity contribution in [1.82, 2.24) is 0 Å². The van der Waals surface area contributed by atoms with Crippen molar-refractivity contribution in [1.29, 1.82) is 0 Å². The van der Waals surface area contributed by atoms with Gasteiger partial charge in [-0.1, -0.05) is 62.7 Å². The normalized spacial score (nSPS) is 12.9. The Morgan fingerprint density at radius 1 is 1.00 bits per heavy atom. The van der Waals surface area contributed by atoms with E-state index in [2.05, 4.69) is 70.2 Å². The lowest BCUT2D eigenvalue weighted by Crippen LogP contribution is -2.35. The van der Waals surface area contributed by atoms with Gasteiger partial charge >= 0.3 is 0 Å². The van der Waals surface area contributed by atoms with Gasteiger partial charge in [0.25, 0.3) is 0 Å². The molecule has 0 bridgehead atoms.